The van der Waals surface area contributed by atoms with Crippen LogP contribution in [0.15, 0.2) is 18.2 Å². The summed E-state index contributed by atoms with van der Waals surface area (Å²) in [5.41, 5.74) is 2.54. The minimum atomic E-state index is 0.543. The lowest BCUT2D eigenvalue weighted by atomic mass is 10.1. The second kappa shape index (κ2) is 5.32. The van der Waals surface area contributed by atoms with E-state index in [1.807, 2.05) is 17.8 Å². The number of benzene rings is 1. The summed E-state index contributed by atoms with van der Waals surface area (Å²) in [5.74, 6) is 0.969. The molecule has 94 valence electrons. The zero-order valence-electron chi connectivity index (χ0n) is 10.9. The van der Waals surface area contributed by atoms with E-state index in [0.29, 0.717) is 4.75 Å². The fraction of sp³-hybridized carbons (Fsp3) is 0.571. The van der Waals surface area contributed by atoms with Gasteiger partial charge in [-0.3, -0.25) is 0 Å². The third-order valence-corrected chi connectivity index (χ3v) is 4.89. The lowest BCUT2D eigenvalue weighted by molar-refractivity contribution is 0.411. The van der Waals surface area contributed by atoms with Gasteiger partial charge < -0.3 is 10.1 Å². The van der Waals surface area contributed by atoms with Crippen LogP contribution in [0.1, 0.15) is 24.0 Å². The largest absolute Gasteiger partial charge is 0.496 e. The predicted octanol–water partition coefficient (Wildman–Crippen LogP) is 2.99. The number of methoxy groups -OCH3 is 1. The number of thioether (sulfide) groups is 1. The summed E-state index contributed by atoms with van der Waals surface area (Å²) >= 11 is 2.00. The standard InChI is InChI=1S/C14H21NOS/c1-11-8-12(4-5-13(11)16-2)9-15-10-14(17-3)6-7-14/h4-5,8,15H,6-7,9-10H2,1-3H3. The van der Waals surface area contributed by atoms with Crippen LogP contribution in [0, 0.1) is 6.92 Å². The van der Waals surface area contributed by atoms with E-state index in [1.54, 1.807) is 7.11 Å². The topological polar surface area (TPSA) is 21.3 Å². The van der Waals surface area contributed by atoms with Crippen molar-refractivity contribution < 1.29 is 4.74 Å². The van der Waals surface area contributed by atoms with Crippen molar-refractivity contribution in [1.29, 1.82) is 0 Å². The molecule has 1 aromatic rings. The molecule has 0 atom stereocenters. The first kappa shape index (κ1) is 12.8. The molecule has 1 aliphatic carbocycles. The minimum Gasteiger partial charge on any atom is -0.496 e. The Morgan fingerprint density at radius 1 is 1.41 bits per heavy atom. The van der Waals surface area contributed by atoms with Crippen molar-refractivity contribution in [2.75, 3.05) is 19.9 Å². The summed E-state index contributed by atoms with van der Waals surface area (Å²) in [7, 11) is 1.72. The second-order valence-electron chi connectivity index (χ2n) is 4.79. The first-order valence-corrected chi connectivity index (χ1v) is 7.31. The summed E-state index contributed by atoms with van der Waals surface area (Å²) in [6.07, 6.45) is 4.94. The molecule has 0 amide bonds. The molecule has 0 bridgehead atoms. The van der Waals surface area contributed by atoms with Crippen molar-refractivity contribution in [3.8, 4) is 5.75 Å². The SMILES string of the molecule is COc1ccc(CNCC2(SC)CC2)cc1C. The summed E-state index contributed by atoms with van der Waals surface area (Å²) < 4.78 is 5.81. The van der Waals surface area contributed by atoms with Crippen LogP contribution in [0.5, 0.6) is 5.75 Å². The van der Waals surface area contributed by atoms with E-state index in [0.717, 1.165) is 18.8 Å². The van der Waals surface area contributed by atoms with Gasteiger partial charge in [-0.15, -0.1) is 0 Å². The lowest BCUT2D eigenvalue weighted by Gasteiger charge is -2.13. The van der Waals surface area contributed by atoms with Gasteiger partial charge in [0.1, 0.15) is 5.75 Å². The first-order chi connectivity index (χ1) is 8.19. The average molecular weight is 251 g/mol. The number of hydrogen-bond acceptors (Lipinski definition) is 3. The van der Waals surface area contributed by atoms with E-state index in [4.69, 9.17) is 4.74 Å². The first-order valence-electron chi connectivity index (χ1n) is 6.08. The van der Waals surface area contributed by atoms with E-state index in [-0.39, 0.29) is 0 Å². The smallest absolute Gasteiger partial charge is 0.121 e. The van der Waals surface area contributed by atoms with Crippen LogP contribution >= 0.6 is 11.8 Å². The minimum absolute atomic E-state index is 0.543. The van der Waals surface area contributed by atoms with Crippen LogP contribution in [0.25, 0.3) is 0 Å². The van der Waals surface area contributed by atoms with Gasteiger partial charge in [-0.2, -0.15) is 11.8 Å². The fourth-order valence-corrected chi connectivity index (χ4v) is 2.83. The lowest BCUT2D eigenvalue weighted by Crippen LogP contribution is -2.25. The Hall–Kier alpha value is -0.670. The molecule has 0 heterocycles. The quantitative estimate of drug-likeness (QED) is 0.840. The summed E-state index contributed by atoms with van der Waals surface area (Å²) in [6.45, 7) is 4.17. The summed E-state index contributed by atoms with van der Waals surface area (Å²) in [5, 5.41) is 3.56. The van der Waals surface area contributed by atoms with Gasteiger partial charge in [0.25, 0.3) is 0 Å². The molecule has 1 fully saturated rings. The van der Waals surface area contributed by atoms with Gasteiger partial charge in [0.15, 0.2) is 0 Å². The van der Waals surface area contributed by atoms with Crippen molar-refractivity contribution in [2.45, 2.75) is 31.1 Å². The Labute approximate surface area is 108 Å². The van der Waals surface area contributed by atoms with Crippen LogP contribution < -0.4 is 10.1 Å². The van der Waals surface area contributed by atoms with Crippen LogP contribution in [0.2, 0.25) is 0 Å². The maximum absolute atomic E-state index is 5.26. The molecule has 2 rings (SSSR count). The molecule has 2 nitrogen and oxygen atoms in total. The van der Waals surface area contributed by atoms with Crippen molar-refractivity contribution in [2.24, 2.45) is 0 Å². The van der Waals surface area contributed by atoms with E-state index < -0.39 is 0 Å². The van der Waals surface area contributed by atoms with Gasteiger partial charge in [-0.05, 0) is 43.2 Å². The molecule has 0 aromatic heterocycles. The fourth-order valence-electron chi connectivity index (χ4n) is 2.08. The molecule has 0 aliphatic heterocycles. The molecule has 0 saturated heterocycles. The number of ether oxygens (including phenoxy) is 1. The Balaban J connectivity index is 1.85. The Morgan fingerprint density at radius 3 is 2.71 bits per heavy atom. The summed E-state index contributed by atoms with van der Waals surface area (Å²) in [6, 6.07) is 6.38. The average Bonchev–Trinajstić information content (AvgIpc) is 3.10. The van der Waals surface area contributed by atoms with Crippen LogP contribution in [0.3, 0.4) is 0 Å². The Morgan fingerprint density at radius 2 is 2.18 bits per heavy atom. The molecular formula is C14H21NOS. The number of rotatable bonds is 6. The van der Waals surface area contributed by atoms with Gasteiger partial charge in [0, 0.05) is 17.8 Å². The highest BCUT2D eigenvalue weighted by molar-refractivity contribution is 8.00. The maximum Gasteiger partial charge on any atom is 0.121 e. The molecule has 3 heteroatoms. The van der Waals surface area contributed by atoms with E-state index in [9.17, 15) is 0 Å². The van der Waals surface area contributed by atoms with E-state index >= 15 is 0 Å². The van der Waals surface area contributed by atoms with Crippen molar-refractivity contribution >= 4 is 11.8 Å². The van der Waals surface area contributed by atoms with Crippen molar-refractivity contribution in [3.63, 3.8) is 0 Å². The normalized spacial score (nSPS) is 16.9. The van der Waals surface area contributed by atoms with Crippen molar-refractivity contribution in [3.05, 3.63) is 29.3 Å². The third-order valence-electron chi connectivity index (χ3n) is 3.48. The molecule has 17 heavy (non-hydrogen) atoms. The van der Waals surface area contributed by atoms with Gasteiger partial charge in [-0.1, -0.05) is 12.1 Å². The highest BCUT2D eigenvalue weighted by Crippen LogP contribution is 2.46. The molecule has 1 saturated carbocycles. The maximum atomic E-state index is 5.26. The summed E-state index contributed by atoms with van der Waals surface area (Å²) in [4.78, 5) is 0. The predicted molar refractivity (Wildman–Crippen MR) is 74.9 cm³/mol. The van der Waals surface area contributed by atoms with Gasteiger partial charge in [0.05, 0.1) is 7.11 Å². The van der Waals surface area contributed by atoms with Gasteiger partial charge >= 0.3 is 0 Å². The Kier molecular flexibility index (Phi) is 4.00. The Bertz CT molecular complexity index is 388. The molecule has 0 spiro atoms. The van der Waals surface area contributed by atoms with Crippen LogP contribution in [-0.2, 0) is 6.54 Å². The van der Waals surface area contributed by atoms with Crippen molar-refractivity contribution in [1.82, 2.24) is 5.32 Å². The van der Waals surface area contributed by atoms with Gasteiger partial charge in [-0.25, -0.2) is 0 Å². The van der Waals surface area contributed by atoms with E-state index in [2.05, 4.69) is 30.6 Å². The van der Waals surface area contributed by atoms with Gasteiger partial charge in [0.2, 0.25) is 0 Å². The number of aryl methyl sites for hydroxylation is 1. The highest BCUT2D eigenvalue weighted by atomic mass is 32.2. The molecule has 0 unspecified atom stereocenters. The zero-order valence-corrected chi connectivity index (χ0v) is 11.7. The number of hydrogen-bond donors (Lipinski definition) is 1. The van der Waals surface area contributed by atoms with Crippen LogP contribution in [-0.4, -0.2) is 24.7 Å². The molecule has 1 aliphatic rings. The highest BCUT2D eigenvalue weighted by Gasteiger charge is 2.41. The zero-order chi connectivity index (χ0) is 12.3. The molecule has 0 radical (unpaired) electrons. The molecule has 1 N–H and O–H groups in total. The van der Waals surface area contributed by atoms with E-state index in [1.165, 1.54) is 24.0 Å². The van der Waals surface area contributed by atoms with Crippen LogP contribution in [0.4, 0.5) is 0 Å². The third kappa shape index (κ3) is 3.17. The monoisotopic (exact) mass is 251 g/mol. The molecule has 1 aromatic carbocycles. The number of nitrogens with one attached hydrogen (secondary N) is 1. The molecular weight excluding hydrogens is 230 g/mol. The second-order valence-corrected chi connectivity index (χ2v) is 6.07.